The van der Waals surface area contributed by atoms with Gasteiger partial charge in [0.2, 0.25) is 15.9 Å². The minimum Gasteiger partial charge on any atom is -0.497 e. The van der Waals surface area contributed by atoms with Crippen LogP contribution in [0.2, 0.25) is 0 Å². The molecule has 29 heavy (non-hydrogen) atoms. The molecule has 152 valence electrons. The molecule has 1 aromatic heterocycles. The van der Waals surface area contributed by atoms with E-state index in [1.165, 1.54) is 11.4 Å². The Labute approximate surface area is 169 Å². The summed E-state index contributed by atoms with van der Waals surface area (Å²) in [6, 6.07) is 14.0. The predicted molar refractivity (Wildman–Crippen MR) is 105 cm³/mol. The minimum absolute atomic E-state index is 0.109. The van der Waals surface area contributed by atoms with Crippen molar-refractivity contribution in [2.24, 2.45) is 0 Å². The predicted octanol–water partition coefficient (Wildman–Crippen LogP) is 2.47. The number of hydrogen-bond acceptors (Lipinski definition) is 7. The fraction of sp³-hybridized carbons (Fsp3) is 0.300. The zero-order chi connectivity index (χ0) is 20.4. The summed E-state index contributed by atoms with van der Waals surface area (Å²) >= 11 is 0. The largest absolute Gasteiger partial charge is 0.497 e. The first-order chi connectivity index (χ1) is 14.0. The second-order valence-corrected chi connectivity index (χ2v) is 8.67. The van der Waals surface area contributed by atoms with Crippen LogP contribution in [0.25, 0.3) is 0 Å². The van der Waals surface area contributed by atoms with Crippen LogP contribution < -0.4 is 9.47 Å². The molecule has 0 aliphatic carbocycles. The van der Waals surface area contributed by atoms with E-state index in [0.717, 1.165) is 11.3 Å². The fourth-order valence-corrected chi connectivity index (χ4v) is 4.74. The van der Waals surface area contributed by atoms with Crippen molar-refractivity contribution in [3.63, 3.8) is 0 Å². The van der Waals surface area contributed by atoms with Crippen LogP contribution in [0.15, 0.2) is 57.9 Å². The van der Waals surface area contributed by atoms with Crippen LogP contribution in [0, 0.1) is 0 Å². The lowest BCUT2D eigenvalue weighted by Gasteiger charge is -2.35. The molecule has 1 fully saturated rings. The van der Waals surface area contributed by atoms with Crippen LogP contribution in [-0.4, -0.2) is 50.2 Å². The highest BCUT2D eigenvalue weighted by Gasteiger charge is 2.40. The Hall–Kier alpha value is -2.91. The first-order valence-electron chi connectivity index (χ1n) is 9.10. The molecule has 3 aromatic rings. The van der Waals surface area contributed by atoms with Gasteiger partial charge in [-0.15, -0.1) is 0 Å². The highest BCUT2D eigenvalue weighted by Crippen LogP contribution is 2.32. The second kappa shape index (κ2) is 7.84. The summed E-state index contributed by atoms with van der Waals surface area (Å²) < 4.78 is 42.6. The average Bonchev–Trinajstić information content (AvgIpc) is 3.15. The molecule has 0 amide bonds. The Morgan fingerprint density at radius 3 is 2.48 bits per heavy atom. The molecule has 1 aliphatic rings. The number of sulfonamides is 1. The van der Waals surface area contributed by atoms with Crippen molar-refractivity contribution in [1.82, 2.24) is 14.4 Å². The maximum atomic E-state index is 12.7. The Balaban J connectivity index is 1.41. The number of para-hydroxylation sites is 1. The maximum Gasteiger partial charge on any atom is 0.243 e. The first-order valence-corrected chi connectivity index (χ1v) is 10.5. The third-order valence-corrected chi connectivity index (χ3v) is 6.77. The zero-order valence-electron chi connectivity index (χ0n) is 16.1. The lowest BCUT2D eigenvalue weighted by atomic mass is 10.0. The standard InChI is InChI=1S/C20H21N3O5S/c1-26-16-7-9-17(10-8-16)29(24,25)23-12-15(13-23)20-21-19(22-28-20)11-14-5-3-4-6-18(14)27-2/h3-10,15H,11-13H2,1-2H3. The van der Waals surface area contributed by atoms with Crippen molar-refractivity contribution < 1.29 is 22.4 Å². The molecule has 0 saturated carbocycles. The topological polar surface area (TPSA) is 94.8 Å². The molecular formula is C20H21N3O5S. The number of rotatable bonds is 7. The Morgan fingerprint density at radius 2 is 1.79 bits per heavy atom. The molecule has 4 rings (SSSR count). The van der Waals surface area contributed by atoms with Crippen molar-refractivity contribution in [1.29, 1.82) is 0 Å². The van der Waals surface area contributed by atoms with Gasteiger partial charge in [-0.25, -0.2) is 8.42 Å². The number of aromatic nitrogens is 2. The number of methoxy groups -OCH3 is 2. The van der Waals surface area contributed by atoms with E-state index in [1.54, 1.807) is 31.4 Å². The van der Waals surface area contributed by atoms with Crippen molar-refractivity contribution in [2.75, 3.05) is 27.3 Å². The van der Waals surface area contributed by atoms with Gasteiger partial charge in [0.05, 0.1) is 25.0 Å². The van der Waals surface area contributed by atoms with Crippen molar-refractivity contribution in [3.05, 3.63) is 65.8 Å². The number of hydrogen-bond donors (Lipinski definition) is 0. The fourth-order valence-electron chi connectivity index (χ4n) is 3.21. The SMILES string of the molecule is COc1ccc(S(=O)(=O)N2CC(c3nc(Cc4ccccc4OC)no3)C2)cc1. The quantitative estimate of drug-likeness (QED) is 0.585. The summed E-state index contributed by atoms with van der Waals surface area (Å²) in [5.41, 5.74) is 0.958. The third-order valence-electron chi connectivity index (χ3n) is 4.92. The molecule has 0 radical (unpaired) electrons. The van der Waals surface area contributed by atoms with E-state index in [0.29, 0.717) is 37.0 Å². The number of ether oxygens (including phenoxy) is 2. The highest BCUT2D eigenvalue weighted by molar-refractivity contribution is 7.89. The molecular weight excluding hydrogens is 394 g/mol. The summed E-state index contributed by atoms with van der Waals surface area (Å²) in [5, 5.41) is 4.03. The van der Waals surface area contributed by atoms with Gasteiger partial charge in [0.15, 0.2) is 5.82 Å². The highest BCUT2D eigenvalue weighted by atomic mass is 32.2. The van der Waals surface area contributed by atoms with E-state index in [4.69, 9.17) is 14.0 Å². The average molecular weight is 415 g/mol. The summed E-state index contributed by atoms with van der Waals surface area (Å²) in [5.74, 6) is 2.26. The smallest absolute Gasteiger partial charge is 0.243 e. The van der Waals surface area contributed by atoms with Gasteiger partial charge in [0.1, 0.15) is 11.5 Å². The normalized spacial score (nSPS) is 15.1. The van der Waals surface area contributed by atoms with Crippen LogP contribution in [0.3, 0.4) is 0 Å². The number of benzene rings is 2. The van der Waals surface area contributed by atoms with E-state index in [1.807, 2.05) is 24.3 Å². The van der Waals surface area contributed by atoms with E-state index in [-0.39, 0.29) is 10.8 Å². The van der Waals surface area contributed by atoms with E-state index in [2.05, 4.69) is 10.1 Å². The Morgan fingerprint density at radius 1 is 1.07 bits per heavy atom. The van der Waals surface area contributed by atoms with E-state index < -0.39 is 10.0 Å². The van der Waals surface area contributed by atoms with E-state index >= 15 is 0 Å². The van der Waals surface area contributed by atoms with Crippen LogP contribution in [-0.2, 0) is 16.4 Å². The van der Waals surface area contributed by atoms with Gasteiger partial charge in [0.25, 0.3) is 0 Å². The molecule has 0 unspecified atom stereocenters. The molecule has 0 N–H and O–H groups in total. The molecule has 1 saturated heterocycles. The van der Waals surface area contributed by atoms with Crippen molar-refractivity contribution >= 4 is 10.0 Å². The molecule has 1 aliphatic heterocycles. The van der Waals surface area contributed by atoms with Gasteiger partial charge < -0.3 is 14.0 Å². The monoisotopic (exact) mass is 415 g/mol. The summed E-state index contributed by atoms with van der Waals surface area (Å²) in [6.45, 7) is 0.620. The van der Waals surface area contributed by atoms with Crippen molar-refractivity contribution in [2.45, 2.75) is 17.2 Å². The zero-order valence-corrected chi connectivity index (χ0v) is 16.9. The van der Waals surface area contributed by atoms with E-state index in [9.17, 15) is 8.42 Å². The van der Waals surface area contributed by atoms with Crippen LogP contribution in [0.5, 0.6) is 11.5 Å². The van der Waals surface area contributed by atoms with Gasteiger partial charge in [-0.2, -0.15) is 9.29 Å². The third kappa shape index (κ3) is 3.83. The Kier molecular flexibility index (Phi) is 5.25. The molecule has 2 heterocycles. The lowest BCUT2D eigenvalue weighted by Crippen LogP contribution is -2.48. The molecule has 9 heteroatoms. The van der Waals surface area contributed by atoms with Gasteiger partial charge in [-0.1, -0.05) is 23.4 Å². The second-order valence-electron chi connectivity index (χ2n) is 6.73. The van der Waals surface area contributed by atoms with Gasteiger partial charge >= 0.3 is 0 Å². The summed E-state index contributed by atoms with van der Waals surface area (Å²) in [6.07, 6.45) is 0.480. The lowest BCUT2D eigenvalue weighted by molar-refractivity contribution is 0.216. The minimum atomic E-state index is -3.55. The molecule has 0 atom stereocenters. The van der Waals surface area contributed by atoms with Crippen molar-refractivity contribution in [3.8, 4) is 11.5 Å². The van der Waals surface area contributed by atoms with Crippen LogP contribution in [0.1, 0.15) is 23.2 Å². The molecule has 0 spiro atoms. The van der Waals surface area contributed by atoms with Gasteiger partial charge in [-0.3, -0.25) is 0 Å². The molecule has 8 nitrogen and oxygen atoms in total. The maximum absolute atomic E-state index is 12.7. The number of nitrogens with zero attached hydrogens (tertiary/aromatic N) is 3. The molecule has 2 aromatic carbocycles. The van der Waals surface area contributed by atoms with Crippen LogP contribution >= 0.6 is 0 Å². The van der Waals surface area contributed by atoms with Gasteiger partial charge in [0, 0.05) is 25.1 Å². The molecule has 0 bridgehead atoms. The summed E-state index contributed by atoms with van der Waals surface area (Å²) in [4.78, 5) is 4.68. The summed E-state index contributed by atoms with van der Waals surface area (Å²) in [7, 11) is -0.392. The van der Waals surface area contributed by atoms with Gasteiger partial charge in [-0.05, 0) is 30.3 Å². The van der Waals surface area contributed by atoms with Crippen LogP contribution in [0.4, 0.5) is 0 Å². The Bertz CT molecular complexity index is 1090. The first kappa shape index (κ1) is 19.4.